The van der Waals surface area contributed by atoms with Gasteiger partial charge in [0, 0.05) is 23.5 Å². The highest BCUT2D eigenvalue weighted by Crippen LogP contribution is 2.19. The number of unbranched alkanes of at least 4 members (excludes halogenated alkanes) is 1. The Labute approximate surface area is 198 Å². The van der Waals surface area contributed by atoms with E-state index in [4.69, 9.17) is 16.6 Å². The Morgan fingerprint density at radius 2 is 1.62 bits per heavy atom. The number of aromatic nitrogens is 1. The molecule has 34 heavy (non-hydrogen) atoms. The first-order valence-electron chi connectivity index (χ1n) is 11.3. The molecule has 0 aliphatic rings. The predicted molar refractivity (Wildman–Crippen MR) is 128 cm³/mol. The number of nitrogens with one attached hydrogen (secondary N) is 4. The fourth-order valence-corrected chi connectivity index (χ4v) is 3.44. The summed E-state index contributed by atoms with van der Waals surface area (Å²) >= 11 is 0. The summed E-state index contributed by atoms with van der Waals surface area (Å²) in [6, 6.07) is 3.61. The molecule has 2 aromatic rings. The van der Waals surface area contributed by atoms with E-state index in [1.165, 1.54) is 13.8 Å². The summed E-state index contributed by atoms with van der Waals surface area (Å²) < 4.78 is 0. The molecule has 4 atom stereocenters. The van der Waals surface area contributed by atoms with Gasteiger partial charge in [-0.2, -0.15) is 0 Å². The lowest BCUT2D eigenvalue weighted by molar-refractivity contribution is -0.141. The molecular weight excluding hydrogens is 440 g/mol. The Morgan fingerprint density at radius 3 is 2.26 bits per heavy atom. The van der Waals surface area contributed by atoms with E-state index in [1.54, 1.807) is 6.20 Å². The average molecular weight is 475 g/mol. The minimum Gasteiger partial charge on any atom is -0.480 e. The SMILES string of the molecule is CC(N)C(=O)NC(Cc1c[nH]c2ccccc12)C(=O)NC(CCCCN)C(=O)NC(C)C(=O)O. The lowest BCUT2D eigenvalue weighted by Gasteiger charge is -2.24. The van der Waals surface area contributed by atoms with Crippen molar-refractivity contribution in [2.75, 3.05) is 6.54 Å². The third-order valence-electron chi connectivity index (χ3n) is 5.45. The smallest absolute Gasteiger partial charge is 0.325 e. The molecule has 11 heteroatoms. The number of carboxylic acid groups (broad SMARTS) is 1. The zero-order valence-electron chi connectivity index (χ0n) is 19.5. The highest BCUT2D eigenvalue weighted by molar-refractivity contribution is 5.94. The normalized spacial score (nSPS) is 14.6. The molecule has 1 aromatic carbocycles. The Hall–Kier alpha value is -3.44. The number of carbonyl (C=O) groups excluding carboxylic acids is 3. The maximum Gasteiger partial charge on any atom is 0.325 e. The first-order chi connectivity index (χ1) is 16.1. The van der Waals surface area contributed by atoms with Gasteiger partial charge in [0.05, 0.1) is 6.04 Å². The second-order valence-corrected chi connectivity index (χ2v) is 8.33. The quantitative estimate of drug-likeness (QED) is 0.194. The van der Waals surface area contributed by atoms with Crippen molar-refractivity contribution in [3.05, 3.63) is 36.0 Å². The molecule has 3 amide bonds. The molecule has 0 fully saturated rings. The van der Waals surface area contributed by atoms with Gasteiger partial charge in [0.15, 0.2) is 0 Å². The van der Waals surface area contributed by atoms with Gasteiger partial charge in [-0.3, -0.25) is 19.2 Å². The number of aliphatic carboxylic acids is 1. The highest BCUT2D eigenvalue weighted by Gasteiger charge is 2.29. The number of H-pyrrole nitrogens is 1. The zero-order valence-corrected chi connectivity index (χ0v) is 19.5. The third kappa shape index (κ3) is 7.56. The van der Waals surface area contributed by atoms with E-state index in [0.717, 1.165) is 16.5 Å². The van der Waals surface area contributed by atoms with Gasteiger partial charge in [0.25, 0.3) is 0 Å². The zero-order chi connectivity index (χ0) is 25.3. The molecule has 11 nitrogen and oxygen atoms in total. The summed E-state index contributed by atoms with van der Waals surface area (Å²) in [5.41, 5.74) is 12.9. The minimum absolute atomic E-state index is 0.164. The van der Waals surface area contributed by atoms with E-state index in [1.807, 2.05) is 24.3 Å². The molecule has 2 rings (SSSR count). The van der Waals surface area contributed by atoms with E-state index in [9.17, 15) is 19.2 Å². The fraction of sp³-hybridized carbons (Fsp3) is 0.478. The van der Waals surface area contributed by atoms with Crippen LogP contribution in [-0.4, -0.2) is 64.5 Å². The molecule has 1 heterocycles. The second kappa shape index (κ2) is 12.7. The van der Waals surface area contributed by atoms with Gasteiger partial charge in [0.2, 0.25) is 17.7 Å². The van der Waals surface area contributed by atoms with Crippen LogP contribution in [-0.2, 0) is 25.6 Å². The van der Waals surface area contributed by atoms with Crippen LogP contribution in [0.1, 0.15) is 38.7 Å². The largest absolute Gasteiger partial charge is 0.480 e. The molecule has 186 valence electrons. The van der Waals surface area contributed by atoms with Crippen molar-refractivity contribution in [2.45, 2.75) is 63.7 Å². The lowest BCUT2D eigenvalue weighted by atomic mass is 10.0. The monoisotopic (exact) mass is 474 g/mol. The molecule has 0 saturated heterocycles. The average Bonchev–Trinajstić information content (AvgIpc) is 3.20. The number of nitrogens with two attached hydrogens (primary N) is 2. The lowest BCUT2D eigenvalue weighted by Crippen LogP contribution is -2.57. The molecule has 0 spiro atoms. The van der Waals surface area contributed by atoms with Gasteiger partial charge in [-0.15, -0.1) is 0 Å². The Bertz CT molecular complexity index is 1000. The van der Waals surface area contributed by atoms with Gasteiger partial charge in [-0.1, -0.05) is 18.2 Å². The summed E-state index contributed by atoms with van der Waals surface area (Å²) in [6.07, 6.45) is 3.38. The van der Waals surface area contributed by atoms with Crippen molar-refractivity contribution in [2.24, 2.45) is 11.5 Å². The molecule has 9 N–H and O–H groups in total. The topological polar surface area (TPSA) is 192 Å². The van der Waals surface area contributed by atoms with Crippen LogP contribution in [0.2, 0.25) is 0 Å². The van der Waals surface area contributed by atoms with Crippen LogP contribution in [0.3, 0.4) is 0 Å². The number of amides is 3. The fourth-order valence-electron chi connectivity index (χ4n) is 3.44. The van der Waals surface area contributed by atoms with Gasteiger partial charge >= 0.3 is 5.97 Å². The summed E-state index contributed by atoms with van der Waals surface area (Å²) in [5.74, 6) is -2.90. The minimum atomic E-state index is -1.19. The first-order valence-corrected chi connectivity index (χ1v) is 11.3. The molecular formula is C23H34N6O5. The molecule has 4 unspecified atom stereocenters. The second-order valence-electron chi connectivity index (χ2n) is 8.33. The number of carboxylic acids is 1. The van der Waals surface area contributed by atoms with Crippen LogP contribution in [0, 0.1) is 0 Å². The Morgan fingerprint density at radius 1 is 0.971 bits per heavy atom. The van der Waals surface area contributed by atoms with Crippen LogP contribution < -0.4 is 27.4 Å². The van der Waals surface area contributed by atoms with Crippen LogP contribution >= 0.6 is 0 Å². The number of para-hydroxylation sites is 1. The van der Waals surface area contributed by atoms with Gasteiger partial charge in [0.1, 0.15) is 18.1 Å². The number of benzene rings is 1. The van der Waals surface area contributed by atoms with E-state index >= 15 is 0 Å². The maximum atomic E-state index is 13.2. The number of carbonyl (C=O) groups is 4. The summed E-state index contributed by atoms with van der Waals surface area (Å²) in [7, 11) is 0. The highest BCUT2D eigenvalue weighted by atomic mass is 16.4. The van der Waals surface area contributed by atoms with E-state index in [2.05, 4.69) is 20.9 Å². The molecule has 0 bridgehead atoms. The molecule has 0 radical (unpaired) electrons. The maximum absolute atomic E-state index is 13.2. The van der Waals surface area contributed by atoms with Crippen LogP contribution in [0.25, 0.3) is 10.9 Å². The number of hydrogen-bond acceptors (Lipinski definition) is 6. The van der Waals surface area contributed by atoms with Crippen molar-refractivity contribution in [1.82, 2.24) is 20.9 Å². The van der Waals surface area contributed by atoms with Gasteiger partial charge in [-0.05, 0) is 51.3 Å². The van der Waals surface area contributed by atoms with Crippen LogP contribution in [0.15, 0.2) is 30.5 Å². The van der Waals surface area contributed by atoms with Gasteiger partial charge < -0.3 is 37.5 Å². The van der Waals surface area contributed by atoms with Crippen LogP contribution in [0.5, 0.6) is 0 Å². The molecule has 1 aromatic heterocycles. The van der Waals surface area contributed by atoms with E-state index in [-0.39, 0.29) is 12.8 Å². The predicted octanol–water partition coefficient (Wildman–Crippen LogP) is -0.254. The molecule has 0 saturated carbocycles. The summed E-state index contributed by atoms with van der Waals surface area (Å²) in [6.45, 7) is 3.26. The summed E-state index contributed by atoms with van der Waals surface area (Å²) in [4.78, 5) is 52.5. The van der Waals surface area contributed by atoms with E-state index < -0.39 is 47.9 Å². The Kier molecular flexibility index (Phi) is 10.0. The third-order valence-corrected chi connectivity index (χ3v) is 5.45. The van der Waals surface area contributed by atoms with Crippen molar-refractivity contribution in [1.29, 1.82) is 0 Å². The Balaban J connectivity index is 2.23. The van der Waals surface area contributed by atoms with Crippen molar-refractivity contribution >= 4 is 34.6 Å². The number of fused-ring (bicyclic) bond motifs is 1. The van der Waals surface area contributed by atoms with Crippen molar-refractivity contribution in [3.8, 4) is 0 Å². The number of rotatable bonds is 13. The van der Waals surface area contributed by atoms with Crippen LogP contribution in [0.4, 0.5) is 0 Å². The first kappa shape index (κ1) is 26.8. The standard InChI is InChI=1S/C23H34N6O5/c1-13(25)20(30)29-19(11-15-12-26-17-8-4-3-7-16(15)17)22(32)28-18(9-5-6-10-24)21(31)27-14(2)23(33)34/h3-4,7-8,12-14,18-19,26H,5-6,9-11,24-25H2,1-2H3,(H,27,31)(H,28,32)(H,29,30)(H,33,34). The van der Waals surface area contributed by atoms with E-state index in [0.29, 0.717) is 19.4 Å². The number of hydrogen-bond donors (Lipinski definition) is 7. The number of aromatic amines is 1. The molecule has 0 aliphatic carbocycles. The van der Waals surface area contributed by atoms with Crippen molar-refractivity contribution in [3.63, 3.8) is 0 Å². The summed E-state index contributed by atoms with van der Waals surface area (Å²) in [5, 5.41) is 17.7. The molecule has 0 aliphatic heterocycles. The van der Waals surface area contributed by atoms with Crippen molar-refractivity contribution < 1.29 is 24.3 Å². The van der Waals surface area contributed by atoms with Gasteiger partial charge in [-0.25, -0.2) is 0 Å².